The van der Waals surface area contributed by atoms with Gasteiger partial charge in [-0.15, -0.1) is 0 Å². The Morgan fingerprint density at radius 1 is 1.11 bits per heavy atom. The fourth-order valence-corrected chi connectivity index (χ4v) is 6.01. The van der Waals surface area contributed by atoms with Crippen molar-refractivity contribution in [2.45, 2.75) is 37.7 Å². The third-order valence-electron chi connectivity index (χ3n) is 7.91. The van der Waals surface area contributed by atoms with Crippen molar-refractivity contribution in [1.82, 2.24) is 14.8 Å². The lowest BCUT2D eigenvalue weighted by atomic mass is 9.84. The van der Waals surface area contributed by atoms with Gasteiger partial charge in [0.15, 0.2) is 12.4 Å². The maximum atomic E-state index is 13.5. The molecule has 1 saturated heterocycles. The first-order chi connectivity index (χ1) is 21.5. The Morgan fingerprint density at radius 2 is 1.82 bits per heavy atom. The minimum atomic E-state index is -0.868. The molecule has 1 aliphatic rings. The smallest absolute Gasteiger partial charge is 0.254 e. The second-order valence-electron chi connectivity index (χ2n) is 11.2. The zero-order valence-corrected chi connectivity index (χ0v) is 27.4. The van der Waals surface area contributed by atoms with E-state index < -0.39 is 5.60 Å². The van der Waals surface area contributed by atoms with Gasteiger partial charge in [-0.2, -0.15) is 0 Å². The molecular weight excluding hydrogens is 639 g/mol. The molecule has 1 fully saturated rings. The summed E-state index contributed by atoms with van der Waals surface area (Å²) in [5, 5.41) is 28.7. The Balaban J connectivity index is 1.59. The molecule has 4 rings (SSSR count). The predicted octanol–water partition coefficient (Wildman–Crippen LogP) is 5.70. The van der Waals surface area contributed by atoms with Crippen molar-refractivity contribution in [3.8, 4) is 0 Å². The average Bonchev–Trinajstić information content (AvgIpc) is 3.03. The van der Waals surface area contributed by atoms with Crippen LogP contribution in [0.15, 0.2) is 71.0 Å². The van der Waals surface area contributed by atoms with Gasteiger partial charge in [-0.3, -0.25) is 4.79 Å². The van der Waals surface area contributed by atoms with Crippen molar-refractivity contribution >= 4 is 52.3 Å². The maximum absolute atomic E-state index is 13.5. The highest BCUT2D eigenvalue weighted by Crippen LogP contribution is 2.34. The number of oxime groups is 2. The van der Waals surface area contributed by atoms with Crippen LogP contribution in [0.4, 0.5) is 0 Å². The highest BCUT2D eigenvalue weighted by Gasteiger charge is 2.34. The number of aryl methyl sites for hydroxylation is 1. The van der Waals surface area contributed by atoms with E-state index in [4.69, 9.17) is 50.6 Å². The fourth-order valence-electron chi connectivity index (χ4n) is 5.45. The molecule has 1 amide bonds. The number of nitrogens with zero attached hydrogens (tertiary/aromatic N) is 5. The van der Waals surface area contributed by atoms with Crippen LogP contribution in [0.2, 0.25) is 15.2 Å². The Morgan fingerprint density at radius 3 is 2.47 bits per heavy atom. The number of halogens is 3. The van der Waals surface area contributed by atoms with Gasteiger partial charge in [0.2, 0.25) is 0 Å². The number of carbonyl (C=O) groups excluding carboxylic acids is 1. The first-order valence-electron chi connectivity index (χ1n) is 14.5. The van der Waals surface area contributed by atoms with Crippen LogP contribution in [-0.2, 0) is 10.4 Å². The summed E-state index contributed by atoms with van der Waals surface area (Å²) in [5.74, 6) is -0.787. The van der Waals surface area contributed by atoms with Gasteiger partial charge < -0.3 is 30.7 Å². The minimum Gasteiger partial charge on any atom is -0.409 e. The van der Waals surface area contributed by atoms with E-state index in [-0.39, 0.29) is 36.0 Å². The fraction of sp³-hybridized carbons (Fsp3) is 0.375. The van der Waals surface area contributed by atoms with Gasteiger partial charge in [0.1, 0.15) is 5.15 Å². The topological polar surface area (TPSA) is 137 Å². The number of aliphatic hydroxyl groups is 1. The van der Waals surface area contributed by atoms with E-state index in [9.17, 15) is 9.90 Å². The first kappa shape index (κ1) is 34.5. The summed E-state index contributed by atoms with van der Waals surface area (Å²) >= 11 is 18.8. The molecule has 0 saturated carbocycles. The monoisotopic (exact) mass is 674 g/mol. The maximum Gasteiger partial charge on any atom is 0.254 e. The third-order valence-corrected chi connectivity index (χ3v) is 8.85. The number of amides is 1. The van der Waals surface area contributed by atoms with Crippen LogP contribution in [-0.4, -0.2) is 82.4 Å². The van der Waals surface area contributed by atoms with Crippen molar-refractivity contribution in [2.75, 3.05) is 39.8 Å². The summed E-state index contributed by atoms with van der Waals surface area (Å²) in [6.45, 7) is 3.67. The molecule has 2 heterocycles. The molecule has 1 aliphatic heterocycles. The van der Waals surface area contributed by atoms with E-state index >= 15 is 0 Å². The Labute approximate surface area is 278 Å². The quantitative estimate of drug-likeness (QED) is 0.0737. The van der Waals surface area contributed by atoms with Gasteiger partial charge in [-0.05, 0) is 68.1 Å². The number of benzene rings is 2. The predicted molar refractivity (Wildman–Crippen MR) is 178 cm³/mol. The van der Waals surface area contributed by atoms with Crippen LogP contribution in [0.25, 0.3) is 0 Å². The normalized spacial score (nSPS) is 16.3. The van der Waals surface area contributed by atoms with Gasteiger partial charge in [0.25, 0.3) is 5.91 Å². The molecular formula is C32H37Cl3N6O4. The van der Waals surface area contributed by atoms with Crippen LogP contribution < -0.4 is 5.73 Å². The van der Waals surface area contributed by atoms with Crippen LogP contribution >= 0.6 is 34.8 Å². The molecule has 10 nitrogen and oxygen atoms in total. The van der Waals surface area contributed by atoms with Crippen LogP contribution in [0.1, 0.15) is 52.4 Å². The number of nitrogens with two attached hydrogens (primary N) is 1. The highest BCUT2D eigenvalue weighted by atomic mass is 35.5. The molecule has 2 aromatic carbocycles. The second-order valence-corrected chi connectivity index (χ2v) is 12.4. The molecule has 0 spiro atoms. The lowest BCUT2D eigenvalue weighted by Crippen LogP contribution is -2.43. The van der Waals surface area contributed by atoms with Gasteiger partial charge in [-0.25, -0.2) is 4.98 Å². The number of amidine groups is 1. The van der Waals surface area contributed by atoms with E-state index in [0.29, 0.717) is 65.9 Å². The molecule has 1 atom stereocenters. The second kappa shape index (κ2) is 15.7. The summed E-state index contributed by atoms with van der Waals surface area (Å²) in [5.41, 5.74) is 8.03. The van der Waals surface area contributed by atoms with Gasteiger partial charge in [-0.1, -0.05) is 81.5 Å². The van der Waals surface area contributed by atoms with Crippen LogP contribution in [0.3, 0.4) is 0 Å². The molecule has 0 aliphatic carbocycles. The number of pyridine rings is 1. The van der Waals surface area contributed by atoms with Crippen molar-refractivity contribution in [2.24, 2.45) is 16.0 Å². The van der Waals surface area contributed by atoms with E-state index in [1.807, 2.05) is 36.4 Å². The number of rotatable bonds is 12. The Bertz CT molecular complexity index is 1510. The number of hydrogen-bond donors (Lipinski definition) is 3. The first-order valence-corrected chi connectivity index (χ1v) is 15.6. The van der Waals surface area contributed by atoms with Crippen LogP contribution in [0.5, 0.6) is 0 Å². The van der Waals surface area contributed by atoms with Gasteiger partial charge in [0, 0.05) is 37.3 Å². The Hall–Kier alpha value is -3.41. The van der Waals surface area contributed by atoms with Crippen molar-refractivity contribution < 1.29 is 19.9 Å². The van der Waals surface area contributed by atoms with Gasteiger partial charge >= 0.3 is 0 Å². The number of likely N-dealkylation sites (tertiary alicyclic amines) is 1. The molecule has 3 aromatic rings. The summed E-state index contributed by atoms with van der Waals surface area (Å²) < 4.78 is 0. The van der Waals surface area contributed by atoms with Gasteiger partial charge in [0.05, 0.1) is 27.9 Å². The van der Waals surface area contributed by atoms with Crippen molar-refractivity contribution in [3.05, 3.63) is 98.2 Å². The molecule has 1 unspecified atom stereocenters. The lowest BCUT2D eigenvalue weighted by molar-refractivity contribution is -0.0261. The standard InChI is InChI=1S/C32H37Cl3N6O4/c1-21-16-23(18-29(35)37-21)31(42)40(2)19-28(39-45-20-30(36)38-44)25(22-8-9-26(33)27(34)17-22)10-13-41-14-11-32(43,12-15-41)24-6-4-3-5-7-24/h3-9,16-18,25,43-44H,10-15,19-20H2,1-2H3,(H2,36,38). The molecule has 4 N–H and O–H groups in total. The van der Waals surface area contributed by atoms with E-state index in [0.717, 1.165) is 11.1 Å². The van der Waals surface area contributed by atoms with Crippen molar-refractivity contribution in [1.29, 1.82) is 0 Å². The van der Waals surface area contributed by atoms with E-state index in [1.165, 1.54) is 11.0 Å². The van der Waals surface area contributed by atoms with Crippen molar-refractivity contribution in [3.63, 3.8) is 0 Å². The SMILES string of the molecule is Cc1cc(C(=O)N(C)CC(=NOCC(N)=NO)C(CCN2CCC(O)(c3ccccc3)CC2)c2ccc(Cl)c(Cl)c2)cc(Cl)n1. The number of carbonyl (C=O) groups is 1. The number of hydrogen-bond acceptors (Lipinski definition) is 8. The molecule has 1 aromatic heterocycles. The highest BCUT2D eigenvalue weighted by molar-refractivity contribution is 6.42. The third kappa shape index (κ3) is 9.31. The average molecular weight is 676 g/mol. The summed E-state index contributed by atoms with van der Waals surface area (Å²) in [4.78, 5) is 26.9. The zero-order chi connectivity index (χ0) is 32.6. The minimum absolute atomic E-state index is 0.0899. The molecule has 0 radical (unpaired) electrons. The largest absolute Gasteiger partial charge is 0.409 e. The van der Waals surface area contributed by atoms with E-state index in [2.05, 4.69) is 20.2 Å². The molecule has 0 bridgehead atoms. The number of aromatic nitrogens is 1. The molecule has 13 heteroatoms. The molecule has 240 valence electrons. The van der Waals surface area contributed by atoms with Crippen LogP contribution in [0, 0.1) is 6.92 Å². The summed E-state index contributed by atoms with van der Waals surface area (Å²) in [6, 6.07) is 18.3. The summed E-state index contributed by atoms with van der Waals surface area (Å²) in [7, 11) is 1.66. The van der Waals surface area contributed by atoms with E-state index in [1.54, 1.807) is 32.2 Å². The lowest BCUT2D eigenvalue weighted by Gasteiger charge is -2.39. The summed E-state index contributed by atoms with van der Waals surface area (Å²) in [6.07, 6.45) is 1.79. The zero-order valence-electron chi connectivity index (χ0n) is 25.2. The Kier molecular flexibility index (Phi) is 12.0. The number of piperidine rings is 1. The molecule has 45 heavy (non-hydrogen) atoms.